The molecule has 0 saturated carbocycles. The monoisotopic (exact) mass is 868 g/mol. The van der Waals surface area contributed by atoms with Crippen molar-refractivity contribution in [3.63, 3.8) is 0 Å². The average molecular weight is 868 g/mol. The van der Waals surface area contributed by atoms with E-state index in [1.165, 1.54) is 180 Å². The minimum absolute atomic E-state index is 0.0970. The Morgan fingerprint density at radius 2 is 0.883 bits per heavy atom. The highest BCUT2D eigenvalue weighted by Crippen LogP contribution is 2.43. The molecule has 2 atom stereocenters. The van der Waals surface area contributed by atoms with Crippen LogP contribution in [0.1, 0.15) is 245 Å². The van der Waals surface area contributed by atoms with E-state index in [0.29, 0.717) is 13.0 Å². The molecule has 0 aromatic heterocycles. The van der Waals surface area contributed by atoms with Gasteiger partial charge >= 0.3 is 13.8 Å². The van der Waals surface area contributed by atoms with Crippen molar-refractivity contribution in [2.45, 2.75) is 251 Å². The van der Waals surface area contributed by atoms with E-state index in [2.05, 4.69) is 50.3 Å². The second kappa shape index (κ2) is 48.7. The summed E-state index contributed by atoms with van der Waals surface area (Å²) in [5.41, 5.74) is 5.38. The van der Waals surface area contributed by atoms with Crippen LogP contribution in [-0.4, -0.2) is 49.9 Å². The SMILES string of the molecule is CCCCC/C=C\C/C=C\CCCCCCCCOCC(COP(=O)(O)OCCN)OC(=O)CCCCCCCCCCCCCCC/C=C\CCCCCCCCCC. The van der Waals surface area contributed by atoms with Gasteiger partial charge in [-0.1, -0.05) is 204 Å². The predicted octanol–water partition coefficient (Wildman–Crippen LogP) is 15.8. The highest BCUT2D eigenvalue weighted by Gasteiger charge is 2.25. The Morgan fingerprint density at radius 3 is 1.35 bits per heavy atom. The van der Waals surface area contributed by atoms with Gasteiger partial charge in [-0.05, 0) is 70.6 Å². The van der Waals surface area contributed by atoms with Gasteiger partial charge in [0.1, 0.15) is 6.10 Å². The lowest BCUT2D eigenvalue weighted by molar-refractivity contribution is -0.154. The first-order valence-electron chi connectivity index (χ1n) is 25.5. The molecule has 0 radical (unpaired) electrons. The van der Waals surface area contributed by atoms with Crippen LogP contribution in [0.15, 0.2) is 36.5 Å². The molecule has 0 spiro atoms. The zero-order valence-electron chi connectivity index (χ0n) is 39.5. The summed E-state index contributed by atoms with van der Waals surface area (Å²) in [5.74, 6) is -0.331. The van der Waals surface area contributed by atoms with Crippen molar-refractivity contribution in [1.29, 1.82) is 0 Å². The van der Waals surface area contributed by atoms with Crippen molar-refractivity contribution in [3.05, 3.63) is 36.5 Å². The molecule has 0 aromatic carbocycles. The molecule has 354 valence electrons. The van der Waals surface area contributed by atoms with E-state index in [1.54, 1.807) is 0 Å². The summed E-state index contributed by atoms with van der Waals surface area (Å²) in [6.45, 7) is 4.91. The fraction of sp³-hybridized carbons (Fsp3) is 0.863. The summed E-state index contributed by atoms with van der Waals surface area (Å²) in [6.07, 6.45) is 57.5. The highest BCUT2D eigenvalue weighted by atomic mass is 31.2. The summed E-state index contributed by atoms with van der Waals surface area (Å²) in [6, 6.07) is 0. The van der Waals surface area contributed by atoms with E-state index in [-0.39, 0.29) is 32.3 Å². The fourth-order valence-electron chi connectivity index (χ4n) is 7.26. The van der Waals surface area contributed by atoms with Crippen molar-refractivity contribution >= 4 is 13.8 Å². The molecule has 3 N–H and O–H groups in total. The van der Waals surface area contributed by atoms with E-state index in [1.807, 2.05) is 0 Å². The number of carbonyl (C=O) groups is 1. The molecule has 9 heteroatoms. The van der Waals surface area contributed by atoms with Crippen molar-refractivity contribution in [1.82, 2.24) is 0 Å². The third-order valence-electron chi connectivity index (χ3n) is 11.0. The van der Waals surface area contributed by atoms with Gasteiger partial charge in [-0.3, -0.25) is 13.8 Å². The van der Waals surface area contributed by atoms with E-state index in [0.717, 1.165) is 44.9 Å². The lowest BCUT2D eigenvalue weighted by Gasteiger charge is -2.20. The smallest absolute Gasteiger partial charge is 0.457 e. The van der Waals surface area contributed by atoms with Gasteiger partial charge < -0.3 is 20.1 Å². The van der Waals surface area contributed by atoms with E-state index >= 15 is 0 Å². The molecule has 0 bridgehead atoms. The number of nitrogens with two attached hydrogens (primary N) is 1. The number of hydrogen-bond acceptors (Lipinski definition) is 7. The van der Waals surface area contributed by atoms with Gasteiger partial charge in [-0.15, -0.1) is 0 Å². The molecule has 0 saturated heterocycles. The number of unbranched alkanes of at least 4 members (excludes halogenated alkanes) is 30. The number of hydrogen-bond donors (Lipinski definition) is 2. The number of phosphoric ester groups is 1. The molecule has 60 heavy (non-hydrogen) atoms. The van der Waals surface area contributed by atoms with Crippen LogP contribution in [0, 0.1) is 0 Å². The van der Waals surface area contributed by atoms with Crippen LogP contribution >= 0.6 is 7.82 Å². The molecule has 0 rings (SSSR count). The first kappa shape index (κ1) is 58.7. The average Bonchev–Trinajstić information content (AvgIpc) is 3.24. The Balaban J connectivity index is 3.91. The predicted molar refractivity (Wildman–Crippen MR) is 256 cm³/mol. The number of phosphoric acid groups is 1. The van der Waals surface area contributed by atoms with Crippen LogP contribution in [0.5, 0.6) is 0 Å². The summed E-state index contributed by atoms with van der Waals surface area (Å²) in [7, 11) is -4.28. The normalized spacial score (nSPS) is 13.6. The first-order valence-corrected chi connectivity index (χ1v) is 27.0. The van der Waals surface area contributed by atoms with Crippen molar-refractivity contribution in [2.24, 2.45) is 5.73 Å². The van der Waals surface area contributed by atoms with E-state index in [4.69, 9.17) is 24.3 Å². The maximum absolute atomic E-state index is 12.6. The Morgan fingerprint density at radius 1 is 0.500 bits per heavy atom. The third kappa shape index (κ3) is 47.8. The molecule has 0 heterocycles. The number of esters is 1. The number of ether oxygens (including phenoxy) is 2. The number of rotatable bonds is 49. The Kier molecular flexibility index (Phi) is 47.7. The van der Waals surface area contributed by atoms with Crippen molar-refractivity contribution in [3.8, 4) is 0 Å². The maximum Gasteiger partial charge on any atom is 0.472 e. The van der Waals surface area contributed by atoms with Gasteiger partial charge in [-0.2, -0.15) is 0 Å². The summed E-state index contributed by atoms with van der Waals surface area (Å²) >= 11 is 0. The molecular formula is C51H98NO7P. The standard InChI is InChI=1S/C51H98NO7P/c1-3-5-7-9-11-13-15-17-19-21-22-23-24-25-26-27-28-29-30-32-34-36-38-40-42-44-51(53)59-50(49-58-60(54,55)57-47-45-52)48-56-46-43-41-39-37-35-33-31-20-18-16-14-12-10-8-6-4-2/h12,14,18,20-22,50H,3-11,13,15-17,19,23-49,52H2,1-2H3,(H,54,55)/b14-12-,20-18-,22-21-. The molecule has 0 aliphatic heterocycles. The van der Waals surface area contributed by atoms with Gasteiger partial charge in [0.2, 0.25) is 0 Å². The largest absolute Gasteiger partial charge is 0.472 e. The van der Waals surface area contributed by atoms with Crippen LogP contribution in [0.3, 0.4) is 0 Å². The first-order chi connectivity index (χ1) is 29.4. The fourth-order valence-corrected chi connectivity index (χ4v) is 8.02. The molecule has 8 nitrogen and oxygen atoms in total. The summed E-state index contributed by atoms with van der Waals surface area (Å²) in [5, 5.41) is 0. The van der Waals surface area contributed by atoms with Crippen molar-refractivity contribution < 1.29 is 32.8 Å². The summed E-state index contributed by atoms with van der Waals surface area (Å²) in [4.78, 5) is 22.6. The van der Waals surface area contributed by atoms with Crippen LogP contribution in [0.25, 0.3) is 0 Å². The molecule has 0 aromatic rings. The molecule has 0 fully saturated rings. The molecule has 0 aliphatic carbocycles. The zero-order chi connectivity index (χ0) is 43.7. The quantitative estimate of drug-likeness (QED) is 0.0269. The Hall–Kier alpha value is -1.28. The van der Waals surface area contributed by atoms with E-state index < -0.39 is 13.9 Å². The zero-order valence-corrected chi connectivity index (χ0v) is 40.3. The molecule has 0 amide bonds. The second-order valence-corrected chi connectivity index (χ2v) is 18.5. The van der Waals surface area contributed by atoms with Gasteiger partial charge in [-0.25, -0.2) is 4.57 Å². The van der Waals surface area contributed by atoms with Crippen LogP contribution in [-0.2, 0) is 27.9 Å². The Labute approximate surface area is 371 Å². The lowest BCUT2D eigenvalue weighted by atomic mass is 10.0. The number of carbonyl (C=O) groups excluding carboxylic acids is 1. The number of allylic oxidation sites excluding steroid dienone is 6. The molecule has 2 unspecified atom stereocenters. The van der Waals surface area contributed by atoms with Crippen LogP contribution in [0.2, 0.25) is 0 Å². The summed E-state index contributed by atoms with van der Waals surface area (Å²) < 4.78 is 33.5. The van der Waals surface area contributed by atoms with E-state index in [9.17, 15) is 14.3 Å². The Bertz CT molecular complexity index is 1020. The topological polar surface area (TPSA) is 117 Å². The molecular weight excluding hydrogens is 770 g/mol. The van der Waals surface area contributed by atoms with Crippen LogP contribution < -0.4 is 5.73 Å². The van der Waals surface area contributed by atoms with Crippen LogP contribution in [0.4, 0.5) is 0 Å². The molecule has 0 aliphatic rings. The third-order valence-corrected chi connectivity index (χ3v) is 12.0. The van der Waals surface area contributed by atoms with Gasteiger partial charge in [0, 0.05) is 19.6 Å². The maximum atomic E-state index is 12.6. The minimum atomic E-state index is -4.28. The van der Waals surface area contributed by atoms with Crippen molar-refractivity contribution in [2.75, 3.05) is 33.0 Å². The minimum Gasteiger partial charge on any atom is -0.457 e. The second-order valence-electron chi connectivity index (χ2n) is 17.0. The highest BCUT2D eigenvalue weighted by molar-refractivity contribution is 7.47. The van der Waals surface area contributed by atoms with Gasteiger partial charge in [0.15, 0.2) is 0 Å². The van der Waals surface area contributed by atoms with Gasteiger partial charge in [0.05, 0.1) is 19.8 Å². The van der Waals surface area contributed by atoms with Gasteiger partial charge in [0.25, 0.3) is 0 Å². The lowest BCUT2D eigenvalue weighted by Crippen LogP contribution is -2.28.